The Bertz CT molecular complexity index is 661. The Balaban J connectivity index is 2.16. The van der Waals surface area contributed by atoms with Gasteiger partial charge in [-0.15, -0.1) is 0 Å². The SMILES string of the molecule is COc1cc(CN(C)C(=O)c2cccnc2Cl)ccc1O. The summed E-state index contributed by atoms with van der Waals surface area (Å²) in [5, 5.41) is 9.74. The highest BCUT2D eigenvalue weighted by atomic mass is 35.5. The molecule has 0 saturated heterocycles. The lowest BCUT2D eigenvalue weighted by atomic mass is 10.1. The predicted molar refractivity (Wildman–Crippen MR) is 79.7 cm³/mol. The van der Waals surface area contributed by atoms with Crippen LogP contribution in [0.2, 0.25) is 5.15 Å². The Labute approximate surface area is 127 Å². The topological polar surface area (TPSA) is 62.7 Å². The molecule has 1 amide bonds. The third-order valence-corrected chi connectivity index (χ3v) is 3.30. The Hall–Kier alpha value is -2.27. The molecule has 0 spiro atoms. The molecule has 1 heterocycles. The fourth-order valence-corrected chi connectivity index (χ4v) is 2.12. The van der Waals surface area contributed by atoms with Gasteiger partial charge in [0.05, 0.1) is 12.7 Å². The quantitative estimate of drug-likeness (QED) is 0.882. The molecule has 0 atom stereocenters. The second-order valence-corrected chi connectivity index (χ2v) is 4.87. The number of phenolic OH excluding ortho intramolecular Hbond substituents is 1. The Morgan fingerprint density at radius 1 is 1.43 bits per heavy atom. The molecule has 0 aliphatic heterocycles. The van der Waals surface area contributed by atoms with Gasteiger partial charge in [-0.2, -0.15) is 0 Å². The smallest absolute Gasteiger partial charge is 0.257 e. The first-order valence-corrected chi connectivity index (χ1v) is 6.62. The van der Waals surface area contributed by atoms with Gasteiger partial charge >= 0.3 is 0 Å². The van der Waals surface area contributed by atoms with Crippen LogP contribution in [-0.2, 0) is 6.54 Å². The fourth-order valence-electron chi connectivity index (χ4n) is 1.92. The number of halogens is 1. The van der Waals surface area contributed by atoms with E-state index in [-0.39, 0.29) is 16.8 Å². The van der Waals surface area contributed by atoms with E-state index in [0.29, 0.717) is 17.9 Å². The Morgan fingerprint density at radius 2 is 2.19 bits per heavy atom. The molecule has 5 nitrogen and oxygen atoms in total. The van der Waals surface area contributed by atoms with Gasteiger partial charge in [-0.25, -0.2) is 4.98 Å². The third kappa shape index (κ3) is 3.44. The molecule has 21 heavy (non-hydrogen) atoms. The molecule has 1 aromatic heterocycles. The Kier molecular flexibility index (Phi) is 4.65. The van der Waals surface area contributed by atoms with Crippen LogP contribution in [0.15, 0.2) is 36.5 Å². The molecule has 0 radical (unpaired) electrons. The van der Waals surface area contributed by atoms with Crippen molar-refractivity contribution in [2.45, 2.75) is 6.54 Å². The molecule has 0 unspecified atom stereocenters. The lowest BCUT2D eigenvalue weighted by molar-refractivity contribution is 0.0784. The van der Waals surface area contributed by atoms with E-state index < -0.39 is 0 Å². The first-order chi connectivity index (χ1) is 10.0. The standard InChI is InChI=1S/C15H15ClN2O3/c1-18(15(20)11-4-3-7-17-14(11)16)9-10-5-6-12(19)13(8-10)21-2/h3-8,19H,9H2,1-2H3. The van der Waals surface area contributed by atoms with Crippen molar-refractivity contribution in [3.63, 3.8) is 0 Å². The average molecular weight is 307 g/mol. The average Bonchev–Trinajstić information content (AvgIpc) is 2.49. The van der Waals surface area contributed by atoms with E-state index in [9.17, 15) is 9.90 Å². The van der Waals surface area contributed by atoms with Gasteiger partial charge in [0.25, 0.3) is 5.91 Å². The number of carbonyl (C=O) groups is 1. The van der Waals surface area contributed by atoms with Crippen molar-refractivity contribution >= 4 is 17.5 Å². The van der Waals surface area contributed by atoms with Crippen molar-refractivity contribution in [2.24, 2.45) is 0 Å². The number of pyridine rings is 1. The summed E-state index contributed by atoms with van der Waals surface area (Å²) in [7, 11) is 3.15. The van der Waals surface area contributed by atoms with Crippen molar-refractivity contribution in [3.05, 3.63) is 52.8 Å². The lowest BCUT2D eigenvalue weighted by Gasteiger charge is -2.18. The van der Waals surface area contributed by atoms with Crippen LogP contribution in [-0.4, -0.2) is 35.1 Å². The van der Waals surface area contributed by atoms with Crippen molar-refractivity contribution in [1.82, 2.24) is 9.88 Å². The van der Waals surface area contributed by atoms with Crippen molar-refractivity contribution in [3.8, 4) is 11.5 Å². The maximum absolute atomic E-state index is 12.3. The van der Waals surface area contributed by atoms with Gasteiger partial charge in [0.1, 0.15) is 5.15 Å². The number of phenols is 1. The number of rotatable bonds is 4. The van der Waals surface area contributed by atoms with Gasteiger partial charge in [-0.05, 0) is 29.8 Å². The van der Waals surface area contributed by atoms with Gasteiger partial charge in [0.2, 0.25) is 0 Å². The van der Waals surface area contributed by atoms with Gasteiger partial charge in [-0.3, -0.25) is 4.79 Å². The number of amides is 1. The number of aromatic hydroxyl groups is 1. The second kappa shape index (κ2) is 6.45. The molecule has 110 valence electrons. The van der Waals surface area contributed by atoms with E-state index in [1.54, 1.807) is 31.3 Å². The number of carbonyl (C=O) groups excluding carboxylic acids is 1. The number of ether oxygens (including phenoxy) is 1. The molecule has 0 saturated carbocycles. The van der Waals surface area contributed by atoms with Crippen molar-refractivity contribution in [1.29, 1.82) is 0 Å². The minimum atomic E-state index is -0.222. The molecule has 1 aromatic carbocycles. The van der Waals surface area contributed by atoms with E-state index in [1.165, 1.54) is 24.3 Å². The summed E-state index contributed by atoms with van der Waals surface area (Å²) in [6.45, 7) is 0.362. The van der Waals surface area contributed by atoms with Crippen LogP contribution < -0.4 is 4.74 Å². The zero-order valence-corrected chi connectivity index (χ0v) is 12.5. The van der Waals surface area contributed by atoms with Gasteiger partial charge in [0.15, 0.2) is 11.5 Å². The highest BCUT2D eigenvalue weighted by Gasteiger charge is 2.16. The van der Waals surface area contributed by atoms with Crippen molar-refractivity contribution in [2.75, 3.05) is 14.2 Å². The van der Waals surface area contributed by atoms with Crippen LogP contribution in [0.25, 0.3) is 0 Å². The first kappa shape index (κ1) is 15.1. The normalized spacial score (nSPS) is 10.2. The number of hydrogen-bond donors (Lipinski definition) is 1. The third-order valence-electron chi connectivity index (χ3n) is 3.00. The highest BCUT2D eigenvalue weighted by molar-refractivity contribution is 6.32. The summed E-state index contributed by atoms with van der Waals surface area (Å²) in [6.07, 6.45) is 1.53. The second-order valence-electron chi connectivity index (χ2n) is 4.51. The number of nitrogens with zero attached hydrogens (tertiary/aromatic N) is 2. The zero-order valence-electron chi connectivity index (χ0n) is 11.7. The molecular formula is C15H15ClN2O3. The van der Waals surface area contributed by atoms with Gasteiger partial charge in [-0.1, -0.05) is 17.7 Å². The highest BCUT2D eigenvalue weighted by Crippen LogP contribution is 2.27. The summed E-state index contributed by atoms with van der Waals surface area (Å²) in [5.41, 5.74) is 1.19. The molecule has 2 aromatic rings. The molecule has 0 bridgehead atoms. The maximum atomic E-state index is 12.3. The molecule has 0 aliphatic carbocycles. The summed E-state index contributed by atoms with van der Waals surface area (Å²) in [4.78, 5) is 17.7. The van der Waals surface area contributed by atoms with Crippen molar-refractivity contribution < 1.29 is 14.6 Å². The van der Waals surface area contributed by atoms with Crippen LogP contribution in [0.1, 0.15) is 15.9 Å². The number of hydrogen-bond acceptors (Lipinski definition) is 4. The Morgan fingerprint density at radius 3 is 2.86 bits per heavy atom. The molecule has 0 aliphatic rings. The van der Waals surface area contributed by atoms with E-state index >= 15 is 0 Å². The number of aromatic nitrogens is 1. The van der Waals surface area contributed by atoms with Crippen LogP contribution in [0.5, 0.6) is 11.5 Å². The van der Waals surface area contributed by atoms with Gasteiger partial charge in [0, 0.05) is 19.8 Å². The minimum absolute atomic E-state index is 0.0607. The van der Waals surface area contributed by atoms with E-state index in [4.69, 9.17) is 16.3 Å². The predicted octanol–water partition coefficient (Wildman–Crippen LogP) is 2.72. The lowest BCUT2D eigenvalue weighted by Crippen LogP contribution is -2.26. The van der Waals surface area contributed by atoms with Crippen LogP contribution in [0, 0.1) is 0 Å². The fraction of sp³-hybridized carbons (Fsp3) is 0.200. The van der Waals surface area contributed by atoms with Crippen LogP contribution >= 0.6 is 11.6 Å². The minimum Gasteiger partial charge on any atom is -0.504 e. The van der Waals surface area contributed by atoms with Crippen LogP contribution in [0.3, 0.4) is 0 Å². The monoisotopic (exact) mass is 306 g/mol. The number of methoxy groups -OCH3 is 1. The van der Waals surface area contributed by atoms with Crippen LogP contribution in [0.4, 0.5) is 0 Å². The summed E-state index contributed by atoms with van der Waals surface area (Å²) >= 11 is 5.92. The largest absolute Gasteiger partial charge is 0.504 e. The van der Waals surface area contributed by atoms with E-state index in [1.807, 2.05) is 0 Å². The van der Waals surface area contributed by atoms with Gasteiger partial charge < -0.3 is 14.7 Å². The summed E-state index contributed by atoms with van der Waals surface area (Å²) in [6, 6.07) is 8.24. The maximum Gasteiger partial charge on any atom is 0.257 e. The van der Waals surface area contributed by atoms with E-state index in [2.05, 4.69) is 4.98 Å². The molecule has 0 fully saturated rings. The first-order valence-electron chi connectivity index (χ1n) is 6.24. The molecule has 1 N–H and O–H groups in total. The molecule has 2 rings (SSSR count). The zero-order chi connectivity index (χ0) is 15.4. The number of benzene rings is 1. The summed E-state index contributed by atoms with van der Waals surface area (Å²) in [5.74, 6) is 0.207. The summed E-state index contributed by atoms with van der Waals surface area (Å²) < 4.78 is 5.05. The molecular weight excluding hydrogens is 292 g/mol. The van der Waals surface area contributed by atoms with E-state index in [0.717, 1.165) is 5.56 Å². The molecule has 6 heteroatoms.